The molecule has 3 heterocycles. The molecule has 134 valence electrons. The van der Waals surface area contributed by atoms with Crippen LogP contribution in [-0.2, 0) is 13.1 Å². The van der Waals surface area contributed by atoms with Crippen LogP contribution in [0.5, 0.6) is 0 Å². The van der Waals surface area contributed by atoms with Gasteiger partial charge in [-0.15, -0.1) is 0 Å². The molecule has 4 rings (SSSR count). The quantitative estimate of drug-likeness (QED) is 0.513. The highest BCUT2D eigenvalue weighted by molar-refractivity contribution is 5.95. The monoisotopic (exact) mass is 357 g/mol. The zero-order valence-electron chi connectivity index (χ0n) is 15.3. The molecule has 0 amide bonds. The number of pyridine rings is 1. The van der Waals surface area contributed by atoms with E-state index in [9.17, 15) is 4.79 Å². The molecule has 4 aromatic rings. The Labute approximate surface area is 157 Å². The Morgan fingerprint density at radius 2 is 1.93 bits per heavy atom. The van der Waals surface area contributed by atoms with Crippen molar-refractivity contribution in [2.24, 2.45) is 0 Å². The predicted octanol–water partition coefficient (Wildman–Crippen LogP) is 3.53. The zero-order valence-corrected chi connectivity index (χ0v) is 15.3. The molecule has 0 saturated carbocycles. The van der Waals surface area contributed by atoms with Gasteiger partial charge in [0.25, 0.3) is 5.65 Å². The first-order valence-corrected chi connectivity index (χ1v) is 9.23. The number of fused-ring (bicyclic) bond motifs is 2. The smallest absolute Gasteiger partial charge is 0.347 e. The number of nitrogens with zero attached hydrogens (tertiary/aromatic N) is 4. The van der Waals surface area contributed by atoms with Gasteiger partial charge >= 0.3 is 5.56 Å². The average Bonchev–Trinajstić information content (AvgIpc) is 3.07. The highest BCUT2D eigenvalue weighted by Crippen LogP contribution is 2.28. The summed E-state index contributed by atoms with van der Waals surface area (Å²) in [7, 11) is 0. The van der Waals surface area contributed by atoms with E-state index < -0.39 is 0 Å². The number of hydrogen-bond donors (Lipinski definition) is 0. The molecule has 0 aliphatic heterocycles. The van der Waals surface area contributed by atoms with E-state index in [1.807, 2.05) is 41.1 Å². The van der Waals surface area contributed by atoms with Gasteiger partial charge in [0.1, 0.15) is 18.3 Å². The largest absolute Gasteiger partial charge is 0.350 e. The van der Waals surface area contributed by atoms with Crippen LogP contribution in [0.25, 0.3) is 27.7 Å². The molecule has 0 bridgehead atoms. The predicted molar refractivity (Wildman–Crippen MR) is 105 cm³/mol. The van der Waals surface area contributed by atoms with E-state index in [0.29, 0.717) is 18.5 Å². The van der Waals surface area contributed by atoms with E-state index in [-0.39, 0.29) is 5.56 Å². The maximum atomic E-state index is 13.2. The fourth-order valence-electron chi connectivity index (χ4n) is 3.67. The van der Waals surface area contributed by atoms with Gasteiger partial charge in [0.15, 0.2) is 0 Å². The molecule has 3 aromatic heterocycles. The van der Waals surface area contributed by atoms with Gasteiger partial charge in [-0.05, 0) is 18.6 Å². The zero-order chi connectivity index (χ0) is 18.8. The lowest BCUT2D eigenvalue weighted by molar-refractivity contribution is -0.673. The molecule has 5 heteroatoms. The fraction of sp³-hybridized carbons (Fsp3) is 0.227. The van der Waals surface area contributed by atoms with Crippen molar-refractivity contribution in [3.05, 3.63) is 71.4 Å². The minimum atomic E-state index is -0.0433. The van der Waals surface area contributed by atoms with E-state index in [2.05, 4.69) is 35.9 Å². The van der Waals surface area contributed by atoms with Crippen LogP contribution in [0.3, 0.4) is 0 Å². The summed E-state index contributed by atoms with van der Waals surface area (Å²) in [5, 5.41) is 10.1. The van der Waals surface area contributed by atoms with Crippen molar-refractivity contribution in [1.82, 2.24) is 8.97 Å². The third-order valence-corrected chi connectivity index (χ3v) is 4.87. The molecule has 1 aromatic carbocycles. The third-order valence-electron chi connectivity index (χ3n) is 4.87. The van der Waals surface area contributed by atoms with Crippen molar-refractivity contribution in [1.29, 1.82) is 5.26 Å². The second-order valence-corrected chi connectivity index (χ2v) is 6.63. The summed E-state index contributed by atoms with van der Waals surface area (Å²) in [5.74, 6) is 0. The normalized spacial score (nSPS) is 11.1. The van der Waals surface area contributed by atoms with Crippen molar-refractivity contribution < 1.29 is 4.57 Å². The minimum absolute atomic E-state index is 0.0433. The van der Waals surface area contributed by atoms with Crippen molar-refractivity contribution >= 4 is 16.6 Å². The Balaban J connectivity index is 2.02. The fourth-order valence-corrected chi connectivity index (χ4v) is 3.67. The van der Waals surface area contributed by atoms with Crippen LogP contribution >= 0.6 is 0 Å². The van der Waals surface area contributed by atoms with Gasteiger partial charge in [-0.25, -0.2) is 9.36 Å². The Kier molecular flexibility index (Phi) is 4.47. The summed E-state index contributed by atoms with van der Waals surface area (Å²) < 4.78 is 5.87. The second kappa shape index (κ2) is 7.08. The molecule has 5 nitrogen and oxygen atoms in total. The number of aryl methyl sites for hydroxylation is 2. The first kappa shape index (κ1) is 17.0. The van der Waals surface area contributed by atoms with Crippen LogP contribution < -0.4 is 10.1 Å². The van der Waals surface area contributed by atoms with Crippen LogP contribution in [0.1, 0.15) is 19.8 Å². The number of rotatable bonds is 5. The molecule has 0 aliphatic carbocycles. The number of aromatic nitrogens is 3. The third kappa shape index (κ3) is 2.89. The Hall–Kier alpha value is -3.39. The van der Waals surface area contributed by atoms with Crippen LogP contribution in [0, 0.1) is 11.3 Å². The average molecular weight is 357 g/mol. The molecule has 0 atom stereocenters. The molecule has 0 saturated heterocycles. The van der Waals surface area contributed by atoms with E-state index in [1.54, 1.807) is 10.6 Å². The van der Waals surface area contributed by atoms with Gasteiger partial charge in [0.2, 0.25) is 0 Å². The molecular weight excluding hydrogens is 336 g/mol. The second-order valence-electron chi connectivity index (χ2n) is 6.63. The van der Waals surface area contributed by atoms with E-state index in [0.717, 1.165) is 35.1 Å². The van der Waals surface area contributed by atoms with Crippen LogP contribution in [-0.4, -0.2) is 8.97 Å². The van der Waals surface area contributed by atoms with E-state index in [1.165, 1.54) is 0 Å². The number of nitriles is 1. The topological polar surface area (TPSA) is 54.1 Å². The highest BCUT2D eigenvalue weighted by Gasteiger charge is 2.20. The Bertz CT molecular complexity index is 1230. The maximum absolute atomic E-state index is 13.2. The summed E-state index contributed by atoms with van der Waals surface area (Å²) in [6.07, 6.45) is 7.18. The number of hydrogen-bond acceptors (Lipinski definition) is 2. The summed E-state index contributed by atoms with van der Waals surface area (Å²) in [6, 6.07) is 16.1. The summed E-state index contributed by atoms with van der Waals surface area (Å²) >= 11 is 0. The maximum Gasteiger partial charge on any atom is 0.350 e. The lowest BCUT2D eigenvalue weighted by atomic mass is 10.1. The molecular formula is C22H21N4O+. The van der Waals surface area contributed by atoms with Crippen LogP contribution in [0.2, 0.25) is 0 Å². The van der Waals surface area contributed by atoms with Gasteiger partial charge in [-0.1, -0.05) is 31.2 Å². The Morgan fingerprint density at radius 1 is 1.11 bits per heavy atom. The number of para-hydroxylation sites is 1. The van der Waals surface area contributed by atoms with Gasteiger partial charge in [-0.3, -0.25) is 0 Å². The standard InChI is InChI=1S/C22H21N4O/c1-2-12-24-15-18(17-8-3-4-9-20(17)24)19-16-25(13-7-11-23)21-10-5-6-14-26(21)22(19)27/h3-6,8-10,14-16H,2,7,12-13H2,1H3/q+1. The van der Waals surface area contributed by atoms with E-state index in [4.69, 9.17) is 5.26 Å². The van der Waals surface area contributed by atoms with Gasteiger partial charge in [-0.2, -0.15) is 9.66 Å². The Morgan fingerprint density at radius 3 is 2.74 bits per heavy atom. The molecule has 0 aliphatic rings. The molecule has 0 fully saturated rings. The van der Waals surface area contributed by atoms with Crippen molar-refractivity contribution in [3.63, 3.8) is 0 Å². The summed E-state index contributed by atoms with van der Waals surface area (Å²) in [4.78, 5) is 13.2. The highest BCUT2D eigenvalue weighted by atomic mass is 16.1. The molecule has 0 radical (unpaired) electrons. The molecule has 0 unspecified atom stereocenters. The lowest BCUT2D eigenvalue weighted by Gasteiger charge is -2.05. The summed E-state index contributed by atoms with van der Waals surface area (Å²) in [6.45, 7) is 3.60. The first-order valence-electron chi connectivity index (χ1n) is 9.23. The SMILES string of the molecule is CCCn1cc(-c2c[n+](CCC#N)c3ccccn3c2=O)c2ccccc21. The van der Waals surface area contributed by atoms with Gasteiger partial charge in [0, 0.05) is 35.3 Å². The first-order chi connectivity index (χ1) is 13.2. The number of benzene rings is 1. The van der Waals surface area contributed by atoms with E-state index >= 15 is 0 Å². The lowest BCUT2D eigenvalue weighted by Crippen LogP contribution is -2.40. The van der Waals surface area contributed by atoms with Crippen molar-refractivity contribution in [3.8, 4) is 17.2 Å². The van der Waals surface area contributed by atoms with Crippen molar-refractivity contribution in [2.45, 2.75) is 32.9 Å². The van der Waals surface area contributed by atoms with Crippen molar-refractivity contribution in [2.75, 3.05) is 0 Å². The molecule has 0 spiro atoms. The van der Waals surface area contributed by atoms with Crippen LogP contribution in [0.4, 0.5) is 0 Å². The van der Waals surface area contributed by atoms with Gasteiger partial charge < -0.3 is 4.57 Å². The summed E-state index contributed by atoms with van der Waals surface area (Å²) in [5.41, 5.74) is 3.48. The van der Waals surface area contributed by atoms with Crippen LogP contribution in [0.15, 0.2) is 65.8 Å². The molecule has 27 heavy (non-hydrogen) atoms. The minimum Gasteiger partial charge on any atom is -0.347 e. The van der Waals surface area contributed by atoms with Gasteiger partial charge in [0.05, 0.1) is 18.7 Å². The molecule has 0 N–H and O–H groups in total.